The van der Waals surface area contributed by atoms with Gasteiger partial charge in [-0.1, -0.05) is 24.6 Å². The van der Waals surface area contributed by atoms with E-state index in [0.717, 1.165) is 0 Å². The third kappa shape index (κ3) is 7.12. The molecule has 0 aromatic heterocycles. The number of hydrogen-bond donors (Lipinski definition) is 3. The number of aliphatic hydroxyl groups excluding tert-OH is 1. The lowest BCUT2D eigenvalue weighted by atomic mass is 9.99. The maximum absolute atomic E-state index is 13.7. The topological polar surface area (TPSA) is 128 Å². The minimum Gasteiger partial charge on any atom is -0.485 e. The fourth-order valence-corrected chi connectivity index (χ4v) is 5.65. The van der Waals surface area contributed by atoms with Gasteiger partial charge >= 0.3 is 6.03 Å². The molecule has 3 aromatic rings. The van der Waals surface area contributed by atoms with Crippen molar-refractivity contribution in [3.05, 3.63) is 83.1 Å². The Bertz CT molecular complexity index is 1540. The normalized spacial score (nSPS) is 17.8. The highest BCUT2D eigenvalue weighted by Gasteiger charge is 2.35. The van der Waals surface area contributed by atoms with Crippen LogP contribution in [0, 0.1) is 11.7 Å². The van der Waals surface area contributed by atoms with Gasteiger partial charge in [0, 0.05) is 30.2 Å². The summed E-state index contributed by atoms with van der Waals surface area (Å²) < 4.78 is 48.7. The highest BCUT2D eigenvalue weighted by atomic mass is 35.5. The van der Waals surface area contributed by atoms with Gasteiger partial charge in [0.05, 0.1) is 35.3 Å². The van der Waals surface area contributed by atoms with Crippen LogP contribution in [0.3, 0.4) is 0 Å². The number of anilines is 2. The Morgan fingerprint density at radius 1 is 1.17 bits per heavy atom. The smallest absolute Gasteiger partial charge is 0.321 e. The van der Waals surface area contributed by atoms with E-state index < -0.39 is 39.9 Å². The number of urea groups is 1. The number of sulfonamides is 1. The molecule has 0 saturated heterocycles. The summed E-state index contributed by atoms with van der Waals surface area (Å²) in [6.45, 7) is 3.52. The number of aliphatic hydroxyl groups is 1. The lowest BCUT2D eigenvalue weighted by molar-refractivity contribution is 0.0373. The van der Waals surface area contributed by atoms with Gasteiger partial charge < -0.3 is 25.0 Å². The summed E-state index contributed by atoms with van der Waals surface area (Å²) >= 11 is 5.92. The maximum atomic E-state index is 13.7. The van der Waals surface area contributed by atoms with E-state index in [2.05, 4.69) is 10.0 Å². The average Bonchev–Trinajstić information content (AvgIpc) is 2.96. The van der Waals surface area contributed by atoms with Crippen LogP contribution in [0.4, 0.5) is 20.6 Å². The highest BCUT2D eigenvalue weighted by molar-refractivity contribution is 7.92. The number of para-hydroxylation sites is 1. The maximum Gasteiger partial charge on any atom is 0.321 e. The number of fused-ring (bicyclic) bond motifs is 1. The lowest BCUT2D eigenvalue weighted by Gasteiger charge is -2.38. The molecule has 0 fully saturated rings. The SMILES string of the molecule is C[C@H](CO)N1C[C@H](C)[C@@H](CN(C)C(=O)Nc2ccc(F)cc2)Oc2c(NS(=O)(=O)c3ccc(Cl)cc3)cccc2C1=O. The first kappa shape index (κ1) is 31.1. The highest BCUT2D eigenvalue weighted by Crippen LogP contribution is 2.36. The standard InChI is InChI=1S/C29H32ClFN4O6S/c1-18-15-35(19(2)17-36)28(37)24-5-4-6-25(33-42(39,40)23-13-7-20(30)8-14-23)27(24)41-26(18)16-34(3)29(38)32-22-11-9-21(31)10-12-22/h4-14,18-19,26,33,36H,15-17H2,1-3H3,(H,32,38)/t18-,19+,26+/m0/s1. The van der Waals surface area contributed by atoms with Crippen molar-refractivity contribution in [1.82, 2.24) is 9.80 Å². The third-order valence-corrected chi connectivity index (χ3v) is 8.59. The molecule has 4 rings (SSSR count). The largest absolute Gasteiger partial charge is 0.485 e. The van der Waals surface area contributed by atoms with E-state index in [1.807, 2.05) is 6.92 Å². The lowest BCUT2D eigenvalue weighted by Crippen LogP contribution is -2.50. The number of carbonyl (C=O) groups excluding carboxylic acids is 2. The molecule has 13 heteroatoms. The second kappa shape index (κ2) is 13.0. The number of halogens is 2. The molecule has 1 heterocycles. The Morgan fingerprint density at radius 3 is 2.48 bits per heavy atom. The predicted octanol–water partition coefficient (Wildman–Crippen LogP) is 4.66. The van der Waals surface area contributed by atoms with Crippen molar-refractivity contribution >= 4 is 44.9 Å². The van der Waals surface area contributed by atoms with E-state index in [9.17, 15) is 27.5 Å². The summed E-state index contributed by atoms with van der Waals surface area (Å²) in [5.41, 5.74) is 0.532. The van der Waals surface area contributed by atoms with Crippen molar-refractivity contribution in [2.24, 2.45) is 5.92 Å². The van der Waals surface area contributed by atoms with Gasteiger partial charge in [-0.25, -0.2) is 17.6 Å². The number of ether oxygens (including phenoxy) is 1. The average molecular weight is 619 g/mol. The van der Waals surface area contributed by atoms with Gasteiger partial charge in [-0.3, -0.25) is 9.52 Å². The summed E-state index contributed by atoms with van der Waals surface area (Å²) in [7, 11) is -2.54. The molecule has 0 spiro atoms. The van der Waals surface area contributed by atoms with Crippen LogP contribution in [0.2, 0.25) is 5.02 Å². The molecule has 0 bridgehead atoms. The molecule has 3 atom stereocenters. The summed E-state index contributed by atoms with van der Waals surface area (Å²) in [6, 6.07) is 14.4. The van der Waals surface area contributed by atoms with Gasteiger partial charge in [0.25, 0.3) is 15.9 Å². The van der Waals surface area contributed by atoms with E-state index in [4.69, 9.17) is 16.3 Å². The minimum absolute atomic E-state index is 0.000860. The number of rotatable bonds is 8. The number of carbonyl (C=O) groups is 2. The molecule has 3 aromatic carbocycles. The molecule has 0 radical (unpaired) electrons. The van der Waals surface area contributed by atoms with Crippen molar-refractivity contribution in [1.29, 1.82) is 0 Å². The van der Waals surface area contributed by atoms with E-state index in [-0.39, 0.29) is 47.5 Å². The van der Waals surface area contributed by atoms with Crippen molar-refractivity contribution in [2.75, 3.05) is 36.8 Å². The van der Waals surface area contributed by atoms with Crippen molar-refractivity contribution < 1.29 is 32.2 Å². The van der Waals surface area contributed by atoms with Crippen molar-refractivity contribution in [3.8, 4) is 5.75 Å². The zero-order valence-corrected chi connectivity index (χ0v) is 24.8. The van der Waals surface area contributed by atoms with Crippen molar-refractivity contribution in [2.45, 2.75) is 30.9 Å². The summed E-state index contributed by atoms with van der Waals surface area (Å²) in [4.78, 5) is 29.5. The van der Waals surface area contributed by atoms with Crippen LogP contribution in [0.5, 0.6) is 5.75 Å². The quantitative estimate of drug-likeness (QED) is 0.337. The fourth-order valence-electron chi connectivity index (χ4n) is 4.46. The summed E-state index contributed by atoms with van der Waals surface area (Å²) in [5, 5.41) is 12.9. The molecular formula is C29H32ClFN4O6S. The number of nitrogens with zero attached hydrogens (tertiary/aromatic N) is 2. The molecule has 10 nitrogen and oxygen atoms in total. The van der Waals surface area contributed by atoms with Crippen LogP contribution in [-0.2, 0) is 10.0 Å². The van der Waals surface area contributed by atoms with E-state index in [1.54, 1.807) is 14.0 Å². The molecular weight excluding hydrogens is 587 g/mol. The number of likely N-dealkylation sites (N-methyl/N-ethyl adjacent to an activating group) is 1. The molecule has 1 aliphatic rings. The van der Waals surface area contributed by atoms with Crippen LogP contribution in [-0.4, -0.2) is 74.2 Å². The summed E-state index contributed by atoms with van der Waals surface area (Å²) in [5.74, 6) is -1.22. The molecule has 224 valence electrons. The van der Waals surface area contributed by atoms with Crippen LogP contribution in [0.1, 0.15) is 24.2 Å². The Morgan fingerprint density at radius 2 is 1.83 bits per heavy atom. The minimum atomic E-state index is -4.10. The van der Waals surface area contributed by atoms with Crippen molar-refractivity contribution in [3.63, 3.8) is 0 Å². The molecule has 3 N–H and O–H groups in total. The van der Waals surface area contributed by atoms with Gasteiger partial charge in [-0.15, -0.1) is 0 Å². The zero-order chi connectivity index (χ0) is 30.6. The Labute approximate surface area is 249 Å². The Balaban J connectivity index is 1.68. The van der Waals surface area contributed by atoms with Gasteiger partial charge in [-0.2, -0.15) is 0 Å². The second-order valence-electron chi connectivity index (χ2n) is 10.2. The Kier molecular flexibility index (Phi) is 9.60. The van der Waals surface area contributed by atoms with Crippen LogP contribution in [0.15, 0.2) is 71.6 Å². The van der Waals surface area contributed by atoms with E-state index in [1.165, 1.54) is 76.5 Å². The Hall–Kier alpha value is -3.87. The third-order valence-electron chi connectivity index (χ3n) is 6.96. The molecule has 0 unspecified atom stereocenters. The first-order valence-electron chi connectivity index (χ1n) is 13.2. The number of nitrogens with one attached hydrogen (secondary N) is 2. The number of amides is 3. The second-order valence-corrected chi connectivity index (χ2v) is 12.3. The molecule has 0 saturated carbocycles. The zero-order valence-electron chi connectivity index (χ0n) is 23.3. The first-order chi connectivity index (χ1) is 19.9. The van der Waals surface area contributed by atoms with E-state index >= 15 is 0 Å². The monoisotopic (exact) mass is 618 g/mol. The fraction of sp³-hybridized carbons (Fsp3) is 0.310. The van der Waals surface area contributed by atoms with Crippen LogP contribution >= 0.6 is 11.6 Å². The number of hydrogen-bond acceptors (Lipinski definition) is 6. The van der Waals surface area contributed by atoms with Gasteiger partial charge in [0.1, 0.15) is 11.9 Å². The number of benzene rings is 3. The molecule has 0 aliphatic carbocycles. The predicted molar refractivity (Wildman–Crippen MR) is 158 cm³/mol. The van der Waals surface area contributed by atoms with Crippen LogP contribution < -0.4 is 14.8 Å². The molecule has 1 aliphatic heterocycles. The van der Waals surface area contributed by atoms with Gasteiger partial charge in [-0.05, 0) is 67.6 Å². The van der Waals surface area contributed by atoms with E-state index in [0.29, 0.717) is 10.7 Å². The van der Waals surface area contributed by atoms with Gasteiger partial charge in [0.15, 0.2) is 5.75 Å². The molecule has 42 heavy (non-hydrogen) atoms. The molecule has 3 amide bonds. The first-order valence-corrected chi connectivity index (χ1v) is 15.0. The van der Waals surface area contributed by atoms with Crippen LogP contribution in [0.25, 0.3) is 0 Å². The van der Waals surface area contributed by atoms with Gasteiger partial charge in [0.2, 0.25) is 0 Å². The summed E-state index contributed by atoms with van der Waals surface area (Å²) in [6.07, 6.45) is -0.699.